The van der Waals surface area contributed by atoms with E-state index in [1.807, 2.05) is 24.1 Å². The van der Waals surface area contributed by atoms with Crippen LogP contribution in [0.5, 0.6) is 0 Å². The number of carbonyl (C=O) groups is 1. The molecule has 1 aromatic heterocycles. The fourth-order valence-electron chi connectivity index (χ4n) is 2.18. The quantitative estimate of drug-likeness (QED) is 0.813. The maximum atomic E-state index is 12.2. The fourth-order valence-corrected chi connectivity index (χ4v) is 3.32. The van der Waals surface area contributed by atoms with Crippen LogP contribution in [0.4, 0.5) is 4.79 Å². The lowest BCUT2D eigenvalue weighted by Gasteiger charge is -2.33. The van der Waals surface area contributed by atoms with Crippen molar-refractivity contribution in [2.45, 2.75) is 26.3 Å². The first-order valence-corrected chi connectivity index (χ1v) is 7.50. The Hall–Kier alpha value is -0.740. The van der Waals surface area contributed by atoms with Gasteiger partial charge in [0.05, 0.1) is 10.9 Å². The van der Waals surface area contributed by atoms with E-state index < -0.39 is 0 Å². The summed E-state index contributed by atoms with van der Waals surface area (Å²) in [7, 11) is 1.86. The highest BCUT2D eigenvalue weighted by Gasteiger charge is 2.23. The van der Waals surface area contributed by atoms with Crippen molar-refractivity contribution in [3.8, 4) is 0 Å². The molecule has 1 aliphatic heterocycles. The molecule has 0 bridgehead atoms. The Morgan fingerprint density at radius 1 is 1.50 bits per heavy atom. The van der Waals surface area contributed by atoms with Gasteiger partial charge in [0.25, 0.3) is 0 Å². The summed E-state index contributed by atoms with van der Waals surface area (Å²) >= 11 is 7.43. The molecule has 1 saturated heterocycles. The van der Waals surface area contributed by atoms with Crippen LogP contribution in [0.3, 0.4) is 0 Å². The van der Waals surface area contributed by atoms with Crippen molar-refractivity contribution in [1.82, 2.24) is 9.80 Å². The number of urea groups is 1. The van der Waals surface area contributed by atoms with Gasteiger partial charge in [-0.15, -0.1) is 11.3 Å². The van der Waals surface area contributed by atoms with Gasteiger partial charge in [-0.2, -0.15) is 0 Å². The molecule has 18 heavy (non-hydrogen) atoms. The van der Waals surface area contributed by atoms with E-state index in [1.165, 1.54) is 11.3 Å². The van der Waals surface area contributed by atoms with Crippen molar-refractivity contribution < 1.29 is 4.79 Å². The molecule has 0 spiro atoms. The van der Waals surface area contributed by atoms with Crippen molar-refractivity contribution >= 4 is 29.0 Å². The van der Waals surface area contributed by atoms with Crippen molar-refractivity contribution in [2.24, 2.45) is 5.92 Å². The molecule has 5 heteroatoms. The zero-order chi connectivity index (χ0) is 13.1. The van der Waals surface area contributed by atoms with Crippen LogP contribution in [-0.2, 0) is 6.54 Å². The van der Waals surface area contributed by atoms with Gasteiger partial charge in [-0.3, -0.25) is 0 Å². The average molecular weight is 287 g/mol. The maximum absolute atomic E-state index is 12.2. The summed E-state index contributed by atoms with van der Waals surface area (Å²) in [6.45, 7) is 4.66. The van der Waals surface area contributed by atoms with Crippen molar-refractivity contribution in [2.75, 3.05) is 20.1 Å². The maximum Gasteiger partial charge on any atom is 0.320 e. The number of hydrogen-bond acceptors (Lipinski definition) is 2. The van der Waals surface area contributed by atoms with Gasteiger partial charge in [-0.25, -0.2) is 4.79 Å². The van der Waals surface area contributed by atoms with E-state index in [2.05, 4.69) is 6.92 Å². The van der Waals surface area contributed by atoms with E-state index in [0.717, 1.165) is 41.1 Å². The lowest BCUT2D eigenvalue weighted by atomic mass is 10.00. The molecule has 0 atom stereocenters. The minimum Gasteiger partial charge on any atom is -0.325 e. The molecule has 100 valence electrons. The van der Waals surface area contributed by atoms with Gasteiger partial charge in [0.15, 0.2) is 0 Å². The minimum atomic E-state index is 0.131. The molecular weight excluding hydrogens is 268 g/mol. The van der Waals surface area contributed by atoms with E-state index in [1.54, 1.807) is 4.90 Å². The first-order chi connectivity index (χ1) is 8.56. The molecule has 0 radical (unpaired) electrons. The van der Waals surface area contributed by atoms with E-state index >= 15 is 0 Å². The highest BCUT2D eigenvalue weighted by Crippen LogP contribution is 2.23. The SMILES string of the molecule is CC1CCN(C(=O)N(C)Cc2ccc(Cl)s2)CC1. The predicted molar refractivity (Wildman–Crippen MR) is 76.2 cm³/mol. The summed E-state index contributed by atoms with van der Waals surface area (Å²) in [5, 5.41) is 0. The van der Waals surface area contributed by atoms with Crippen LogP contribution in [-0.4, -0.2) is 36.0 Å². The lowest BCUT2D eigenvalue weighted by Crippen LogP contribution is -2.44. The van der Waals surface area contributed by atoms with Gasteiger partial charge in [-0.1, -0.05) is 18.5 Å². The summed E-state index contributed by atoms with van der Waals surface area (Å²) in [5.74, 6) is 0.746. The molecule has 1 aromatic rings. The molecule has 0 unspecified atom stereocenters. The Labute approximate surface area is 117 Å². The van der Waals surface area contributed by atoms with Gasteiger partial charge in [-0.05, 0) is 30.9 Å². The molecular formula is C13H19ClN2OS. The molecule has 2 rings (SSSR count). The largest absolute Gasteiger partial charge is 0.325 e. The van der Waals surface area contributed by atoms with Gasteiger partial charge in [0, 0.05) is 25.0 Å². The summed E-state index contributed by atoms with van der Waals surface area (Å²) < 4.78 is 0.776. The number of nitrogens with zero attached hydrogens (tertiary/aromatic N) is 2. The molecule has 0 aromatic carbocycles. The first kappa shape index (κ1) is 13.7. The van der Waals surface area contributed by atoms with Crippen molar-refractivity contribution in [3.05, 3.63) is 21.3 Å². The molecule has 1 aliphatic rings. The van der Waals surface area contributed by atoms with Crippen LogP contribution in [0.2, 0.25) is 4.34 Å². The topological polar surface area (TPSA) is 23.6 Å². The van der Waals surface area contributed by atoms with Crippen LogP contribution in [0.1, 0.15) is 24.6 Å². The number of halogens is 1. The third-order valence-electron chi connectivity index (χ3n) is 3.40. The van der Waals surface area contributed by atoms with Gasteiger partial charge < -0.3 is 9.80 Å². The number of thiophene rings is 1. The molecule has 3 nitrogen and oxygen atoms in total. The Morgan fingerprint density at radius 3 is 2.72 bits per heavy atom. The number of carbonyl (C=O) groups excluding carboxylic acids is 1. The van der Waals surface area contributed by atoms with E-state index in [4.69, 9.17) is 11.6 Å². The highest BCUT2D eigenvalue weighted by molar-refractivity contribution is 7.16. The Bertz CT molecular complexity index is 413. The van der Waals surface area contributed by atoms with Gasteiger partial charge >= 0.3 is 6.03 Å². The predicted octanol–water partition coefficient (Wildman–Crippen LogP) is 3.69. The molecule has 0 aliphatic carbocycles. The summed E-state index contributed by atoms with van der Waals surface area (Å²) in [4.78, 5) is 17.1. The molecule has 2 heterocycles. The Balaban J connectivity index is 1.88. The smallest absolute Gasteiger partial charge is 0.320 e. The Morgan fingerprint density at radius 2 is 2.17 bits per heavy atom. The average Bonchev–Trinajstić information content (AvgIpc) is 2.75. The number of rotatable bonds is 2. The van der Waals surface area contributed by atoms with Crippen LogP contribution in [0, 0.1) is 5.92 Å². The van der Waals surface area contributed by atoms with Crippen molar-refractivity contribution in [3.63, 3.8) is 0 Å². The van der Waals surface area contributed by atoms with Crippen LogP contribution >= 0.6 is 22.9 Å². The number of piperidine rings is 1. The summed E-state index contributed by atoms with van der Waals surface area (Å²) in [5.41, 5.74) is 0. The standard InChI is InChI=1S/C13H19ClN2OS/c1-10-5-7-16(8-6-10)13(17)15(2)9-11-3-4-12(14)18-11/h3-4,10H,5-9H2,1-2H3. The zero-order valence-corrected chi connectivity index (χ0v) is 12.4. The first-order valence-electron chi connectivity index (χ1n) is 6.30. The summed E-state index contributed by atoms with van der Waals surface area (Å²) in [6.07, 6.45) is 2.23. The number of likely N-dealkylation sites (tertiary alicyclic amines) is 1. The molecule has 1 fully saturated rings. The Kier molecular flexibility index (Phi) is 4.51. The van der Waals surface area contributed by atoms with Crippen LogP contribution < -0.4 is 0 Å². The second-order valence-electron chi connectivity index (χ2n) is 5.01. The fraction of sp³-hybridized carbons (Fsp3) is 0.615. The van der Waals surface area contributed by atoms with E-state index in [9.17, 15) is 4.79 Å². The number of hydrogen-bond donors (Lipinski definition) is 0. The van der Waals surface area contributed by atoms with E-state index in [-0.39, 0.29) is 6.03 Å². The van der Waals surface area contributed by atoms with Crippen molar-refractivity contribution in [1.29, 1.82) is 0 Å². The minimum absolute atomic E-state index is 0.131. The third kappa shape index (κ3) is 3.39. The van der Waals surface area contributed by atoms with Gasteiger partial charge in [0.2, 0.25) is 0 Å². The lowest BCUT2D eigenvalue weighted by molar-refractivity contribution is 0.141. The normalized spacial score (nSPS) is 16.9. The zero-order valence-electron chi connectivity index (χ0n) is 10.9. The molecule has 0 saturated carbocycles. The second-order valence-corrected chi connectivity index (χ2v) is 6.81. The summed E-state index contributed by atoms with van der Waals surface area (Å²) in [6, 6.07) is 3.99. The van der Waals surface area contributed by atoms with Gasteiger partial charge in [0.1, 0.15) is 0 Å². The van der Waals surface area contributed by atoms with E-state index in [0.29, 0.717) is 6.54 Å². The highest BCUT2D eigenvalue weighted by atomic mass is 35.5. The monoisotopic (exact) mass is 286 g/mol. The molecule has 2 amide bonds. The molecule has 0 N–H and O–H groups in total. The number of amides is 2. The second kappa shape index (κ2) is 5.93. The third-order valence-corrected chi connectivity index (χ3v) is 4.62. The van der Waals surface area contributed by atoms with Crippen LogP contribution in [0.25, 0.3) is 0 Å². The van der Waals surface area contributed by atoms with Crippen LogP contribution in [0.15, 0.2) is 12.1 Å².